The standard InChI is InChI=1S/C18H14FN3O/c19-8-10-23-18-11-14-7-9-22(16(14)12-20-18)17-6-5-13-3-1-2-4-15(13)21-17/h1-7,9,11-12H,8,10H2. The van der Waals surface area contributed by atoms with Gasteiger partial charge in [-0.25, -0.2) is 14.4 Å². The number of nitrogens with zero attached hydrogens (tertiary/aromatic N) is 3. The Bertz CT molecular complexity index is 980. The molecule has 0 aliphatic heterocycles. The molecule has 0 aliphatic rings. The minimum Gasteiger partial charge on any atom is -0.475 e. The Morgan fingerprint density at radius 3 is 2.87 bits per heavy atom. The van der Waals surface area contributed by atoms with Crippen molar-refractivity contribution in [1.82, 2.24) is 14.5 Å². The number of hydrogen-bond acceptors (Lipinski definition) is 3. The van der Waals surface area contributed by atoms with Gasteiger partial charge >= 0.3 is 0 Å². The zero-order chi connectivity index (χ0) is 15.6. The maximum Gasteiger partial charge on any atom is 0.214 e. The zero-order valence-electron chi connectivity index (χ0n) is 12.3. The van der Waals surface area contributed by atoms with Gasteiger partial charge in [0.15, 0.2) is 0 Å². The van der Waals surface area contributed by atoms with Crippen LogP contribution in [-0.4, -0.2) is 27.8 Å². The van der Waals surface area contributed by atoms with E-state index in [1.165, 1.54) is 0 Å². The lowest BCUT2D eigenvalue weighted by Crippen LogP contribution is -2.00. The second-order valence-corrected chi connectivity index (χ2v) is 5.17. The summed E-state index contributed by atoms with van der Waals surface area (Å²) < 4.78 is 19.4. The quantitative estimate of drug-likeness (QED) is 0.573. The number of hydrogen-bond donors (Lipinski definition) is 0. The summed E-state index contributed by atoms with van der Waals surface area (Å²) in [4.78, 5) is 8.92. The van der Waals surface area contributed by atoms with Crippen LogP contribution in [0, 0.1) is 0 Å². The van der Waals surface area contributed by atoms with E-state index in [-0.39, 0.29) is 6.61 Å². The van der Waals surface area contributed by atoms with Crippen LogP contribution in [0.3, 0.4) is 0 Å². The van der Waals surface area contributed by atoms with Crippen LogP contribution in [0.4, 0.5) is 4.39 Å². The van der Waals surface area contributed by atoms with Crippen molar-refractivity contribution < 1.29 is 9.13 Å². The van der Waals surface area contributed by atoms with Gasteiger partial charge in [-0.05, 0) is 24.3 Å². The summed E-state index contributed by atoms with van der Waals surface area (Å²) >= 11 is 0. The van der Waals surface area contributed by atoms with E-state index >= 15 is 0 Å². The monoisotopic (exact) mass is 307 g/mol. The number of halogens is 1. The van der Waals surface area contributed by atoms with Gasteiger partial charge in [-0.3, -0.25) is 4.57 Å². The molecular formula is C18H14FN3O. The Morgan fingerprint density at radius 1 is 1.04 bits per heavy atom. The van der Waals surface area contributed by atoms with Crippen molar-refractivity contribution in [3.63, 3.8) is 0 Å². The maximum atomic E-state index is 12.2. The second kappa shape index (κ2) is 5.68. The first kappa shape index (κ1) is 13.7. The largest absolute Gasteiger partial charge is 0.475 e. The molecule has 0 amide bonds. The number of para-hydroxylation sites is 1. The predicted octanol–water partition coefficient (Wildman–Crippen LogP) is 3.92. The van der Waals surface area contributed by atoms with Crippen LogP contribution < -0.4 is 4.74 Å². The van der Waals surface area contributed by atoms with Crippen molar-refractivity contribution in [3.05, 3.63) is 60.9 Å². The van der Waals surface area contributed by atoms with E-state index in [9.17, 15) is 4.39 Å². The van der Waals surface area contributed by atoms with Crippen molar-refractivity contribution in [1.29, 1.82) is 0 Å². The molecule has 4 nitrogen and oxygen atoms in total. The molecule has 114 valence electrons. The van der Waals surface area contributed by atoms with E-state index in [0.29, 0.717) is 5.88 Å². The lowest BCUT2D eigenvalue weighted by molar-refractivity contribution is 0.265. The molecule has 4 rings (SSSR count). The van der Waals surface area contributed by atoms with E-state index < -0.39 is 6.67 Å². The van der Waals surface area contributed by atoms with Gasteiger partial charge < -0.3 is 4.74 Å². The van der Waals surface area contributed by atoms with Gasteiger partial charge in [0.2, 0.25) is 5.88 Å². The van der Waals surface area contributed by atoms with Crippen LogP contribution in [0.2, 0.25) is 0 Å². The van der Waals surface area contributed by atoms with Gasteiger partial charge in [0.1, 0.15) is 19.1 Å². The summed E-state index contributed by atoms with van der Waals surface area (Å²) in [5.41, 5.74) is 1.88. The van der Waals surface area contributed by atoms with Crippen LogP contribution in [0.1, 0.15) is 0 Å². The Morgan fingerprint density at radius 2 is 1.96 bits per heavy atom. The number of rotatable bonds is 4. The molecule has 0 unspecified atom stereocenters. The topological polar surface area (TPSA) is 39.9 Å². The molecule has 0 bridgehead atoms. The minimum absolute atomic E-state index is 0.0193. The van der Waals surface area contributed by atoms with Crippen molar-refractivity contribution in [2.45, 2.75) is 0 Å². The number of aromatic nitrogens is 3. The second-order valence-electron chi connectivity index (χ2n) is 5.17. The van der Waals surface area contributed by atoms with E-state index in [1.54, 1.807) is 6.20 Å². The molecular weight excluding hydrogens is 293 g/mol. The van der Waals surface area contributed by atoms with Crippen molar-refractivity contribution in [3.8, 4) is 11.7 Å². The molecule has 1 aromatic carbocycles. The van der Waals surface area contributed by atoms with Crippen LogP contribution in [0.15, 0.2) is 60.9 Å². The van der Waals surface area contributed by atoms with E-state index in [2.05, 4.69) is 11.1 Å². The molecule has 0 spiro atoms. The van der Waals surface area contributed by atoms with Crippen LogP contribution in [-0.2, 0) is 0 Å². The normalized spacial score (nSPS) is 11.2. The van der Waals surface area contributed by atoms with Crippen molar-refractivity contribution in [2.24, 2.45) is 0 Å². The van der Waals surface area contributed by atoms with Gasteiger partial charge in [-0.15, -0.1) is 0 Å². The average Bonchev–Trinajstić information content (AvgIpc) is 3.02. The molecule has 0 saturated heterocycles. The van der Waals surface area contributed by atoms with Crippen molar-refractivity contribution >= 4 is 21.8 Å². The van der Waals surface area contributed by atoms with Gasteiger partial charge in [0, 0.05) is 23.0 Å². The molecule has 3 aromatic heterocycles. The zero-order valence-corrected chi connectivity index (χ0v) is 12.3. The van der Waals surface area contributed by atoms with Gasteiger partial charge in [-0.1, -0.05) is 18.2 Å². The van der Waals surface area contributed by atoms with Gasteiger partial charge in [0.25, 0.3) is 0 Å². The Hall–Kier alpha value is -2.95. The third kappa shape index (κ3) is 2.50. The number of pyridine rings is 2. The molecule has 0 radical (unpaired) electrons. The van der Waals surface area contributed by atoms with Gasteiger partial charge in [0.05, 0.1) is 17.2 Å². The SMILES string of the molecule is FCCOc1cc2ccn(-c3ccc4ccccc4n3)c2cn1. The number of ether oxygens (including phenoxy) is 1. The first-order valence-corrected chi connectivity index (χ1v) is 7.37. The lowest BCUT2D eigenvalue weighted by Gasteiger charge is -2.07. The summed E-state index contributed by atoms with van der Waals surface area (Å²) in [7, 11) is 0. The highest BCUT2D eigenvalue weighted by Crippen LogP contribution is 2.23. The Kier molecular flexibility index (Phi) is 3.38. The van der Waals surface area contributed by atoms with E-state index in [1.807, 2.05) is 53.2 Å². The molecule has 3 heterocycles. The Balaban J connectivity index is 1.78. The molecule has 0 atom stereocenters. The molecule has 0 N–H and O–H groups in total. The summed E-state index contributed by atoms with van der Waals surface area (Å²) in [6, 6.07) is 15.8. The molecule has 0 aliphatic carbocycles. The minimum atomic E-state index is -0.526. The fraction of sp³-hybridized carbons (Fsp3) is 0.111. The predicted molar refractivity (Wildman–Crippen MR) is 87.8 cm³/mol. The smallest absolute Gasteiger partial charge is 0.214 e. The first-order chi connectivity index (χ1) is 11.3. The molecule has 0 saturated carbocycles. The van der Waals surface area contributed by atoms with Crippen LogP contribution >= 0.6 is 0 Å². The fourth-order valence-electron chi connectivity index (χ4n) is 2.62. The highest BCUT2D eigenvalue weighted by atomic mass is 19.1. The highest BCUT2D eigenvalue weighted by Gasteiger charge is 2.07. The first-order valence-electron chi connectivity index (χ1n) is 7.37. The summed E-state index contributed by atoms with van der Waals surface area (Å²) in [5, 5.41) is 2.08. The number of fused-ring (bicyclic) bond motifs is 2. The highest BCUT2D eigenvalue weighted by molar-refractivity contribution is 5.83. The molecule has 4 aromatic rings. The maximum absolute atomic E-state index is 12.2. The van der Waals surface area contributed by atoms with Crippen molar-refractivity contribution in [2.75, 3.05) is 13.3 Å². The third-order valence-electron chi connectivity index (χ3n) is 3.71. The van der Waals surface area contributed by atoms with Crippen LogP contribution in [0.25, 0.3) is 27.6 Å². The Labute approximate surface area is 132 Å². The average molecular weight is 307 g/mol. The summed E-state index contributed by atoms with van der Waals surface area (Å²) in [6.07, 6.45) is 3.67. The number of alkyl halides is 1. The fourth-order valence-corrected chi connectivity index (χ4v) is 2.62. The molecule has 23 heavy (non-hydrogen) atoms. The van der Waals surface area contributed by atoms with Crippen LogP contribution in [0.5, 0.6) is 5.88 Å². The third-order valence-corrected chi connectivity index (χ3v) is 3.71. The van der Waals surface area contributed by atoms with Gasteiger partial charge in [-0.2, -0.15) is 0 Å². The summed E-state index contributed by atoms with van der Waals surface area (Å²) in [6.45, 7) is -0.507. The summed E-state index contributed by atoms with van der Waals surface area (Å²) in [5.74, 6) is 1.26. The molecule has 0 fully saturated rings. The lowest BCUT2D eigenvalue weighted by atomic mass is 10.2. The molecule has 5 heteroatoms. The van der Waals surface area contributed by atoms with E-state index in [0.717, 1.165) is 27.6 Å². The van der Waals surface area contributed by atoms with E-state index in [4.69, 9.17) is 9.72 Å². The number of benzene rings is 1.